The molecule has 1 aromatic heterocycles. The van der Waals surface area contributed by atoms with Crippen LogP contribution in [-0.4, -0.2) is 28.8 Å². The quantitative estimate of drug-likeness (QED) is 0.641. The SMILES string of the molecule is CCc1ccc(C(=O)Nc2c(C)nn(Cc3ccccc3C(=O)OC)c2C)cc1. The number of methoxy groups -OCH3 is 1. The van der Waals surface area contributed by atoms with Crippen LogP contribution in [-0.2, 0) is 17.7 Å². The molecule has 0 bridgehead atoms. The third-order valence-electron chi connectivity index (χ3n) is 4.99. The number of ether oxygens (including phenoxy) is 1. The van der Waals surface area contributed by atoms with Crippen LogP contribution in [0.4, 0.5) is 5.69 Å². The average Bonchev–Trinajstić information content (AvgIpc) is 3.01. The third kappa shape index (κ3) is 4.37. The molecule has 0 saturated heterocycles. The van der Waals surface area contributed by atoms with Gasteiger partial charge in [-0.1, -0.05) is 37.3 Å². The van der Waals surface area contributed by atoms with Gasteiger partial charge in [-0.3, -0.25) is 9.48 Å². The molecule has 1 N–H and O–H groups in total. The van der Waals surface area contributed by atoms with Crippen LogP contribution in [0.3, 0.4) is 0 Å². The summed E-state index contributed by atoms with van der Waals surface area (Å²) in [5.41, 5.74) is 5.32. The van der Waals surface area contributed by atoms with Crippen LogP contribution in [0.15, 0.2) is 48.5 Å². The Morgan fingerprint density at radius 2 is 1.76 bits per heavy atom. The highest BCUT2D eigenvalue weighted by atomic mass is 16.5. The van der Waals surface area contributed by atoms with Crippen molar-refractivity contribution >= 4 is 17.6 Å². The van der Waals surface area contributed by atoms with Gasteiger partial charge in [-0.2, -0.15) is 5.10 Å². The Bertz CT molecular complexity index is 1040. The summed E-state index contributed by atoms with van der Waals surface area (Å²) < 4.78 is 6.65. The molecule has 0 radical (unpaired) electrons. The summed E-state index contributed by atoms with van der Waals surface area (Å²) >= 11 is 0. The van der Waals surface area contributed by atoms with Crippen LogP contribution in [0.25, 0.3) is 0 Å². The van der Waals surface area contributed by atoms with E-state index in [2.05, 4.69) is 17.3 Å². The average molecular weight is 391 g/mol. The highest BCUT2D eigenvalue weighted by molar-refractivity contribution is 6.04. The number of nitrogens with zero attached hydrogens (tertiary/aromatic N) is 2. The largest absolute Gasteiger partial charge is 0.465 e. The summed E-state index contributed by atoms with van der Waals surface area (Å²) in [5.74, 6) is -0.556. The van der Waals surface area contributed by atoms with E-state index in [9.17, 15) is 9.59 Å². The van der Waals surface area contributed by atoms with Crippen LogP contribution in [0.1, 0.15) is 50.2 Å². The maximum absolute atomic E-state index is 12.7. The second kappa shape index (κ2) is 8.73. The number of hydrogen-bond acceptors (Lipinski definition) is 4. The predicted molar refractivity (Wildman–Crippen MR) is 112 cm³/mol. The lowest BCUT2D eigenvalue weighted by molar-refractivity contribution is 0.0599. The summed E-state index contributed by atoms with van der Waals surface area (Å²) in [4.78, 5) is 24.7. The number of aryl methyl sites for hydroxylation is 2. The molecule has 6 nitrogen and oxygen atoms in total. The van der Waals surface area contributed by atoms with Crippen molar-refractivity contribution in [2.24, 2.45) is 0 Å². The normalized spacial score (nSPS) is 10.6. The maximum Gasteiger partial charge on any atom is 0.338 e. The van der Waals surface area contributed by atoms with Gasteiger partial charge in [-0.05, 0) is 49.6 Å². The number of benzene rings is 2. The Kier molecular flexibility index (Phi) is 6.12. The molecule has 3 rings (SSSR count). The topological polar surface area (TPSA) is 73.2 Å². The molecule has 0 unspecified atom stereocenters. The van der Waals surface area contributed by atoms with Gasteiger partial charge in [0.05, 0.1) is 36.3 Å². The lowest BCUT2D eigenvalue weighted by Crippen LogP contribution is -2.14. The highest BCUT2D eigenvalue weighted by Gasteiger charge is 2.17. The zero-order valence-corrected chi connectivity index (χ0v) is 17.2. The number of hydrogen-bond donors (Lipinski definition) is 1. The minimum absolute atomic E-state index is 0.173. The number of amides is 1. The van der Waals surface area contributed by atoms with Gasteiger partial charge < -0.3 is 10.1 Å². The number of rotatable bonds is 6. The number of aromatic nitrogens is 2. The molecule has 150 valence electrons. The number of anilines is 1. The van der Waals surface area contributed by atoms with Crippen LogP contribution in [0.2, 0.25) is 0 Å². The zero-order valence-electron chi connectivity index (χ0n) is 17.2. The second-order valence-electron chi connectivity index (χ2n) is 6.86. The molecule has 0 fully saturated rings. The number of nitrogens with one attached hydrogen (secondary N) is 1. The first kappa shape index (κ1) is 20.3. The van der Waals surface area contributed by atoms with E-state index < -0.39 is 0 Å². The van der Waals surface area contributed by atoms with Crippen molar-refractivity contribution in [3.63, 3.8) is 0 Å². The van der Waals surface area contributed by atoms with Gasteiger partial charge in [-0.15, -0.1) is 0 Å². The van der Waals surface area contributed by atoms with E-state index in [1.54, 1.807) is 16.8 Å². The van der Waals surface area contributed by atoms with Crippen LogP contribution in [0, 0.1) is 13.8 Å². The Morgan fingerprint density at radius 3 is 2.41 bits per heavy atom. The summed E-state index contributed by atoms with van der Waals surface area (Å²) in [6, 6.07) is 14.9. The minimum atomic E-state index is -0.383. The molecule has 0 spiro atoms. The van der Waals surface area contributed by atoms with Gasteiger partial charge in [-0.25, -0.2) is 4.79 Å². The van der Waals surface area contributed by atoms with Crippen molar-refractivity contribution in [3.8, 4) is 0 Å². The molecular formula is C23H25N3O3. The molecule has 0 aliphatic rings. The summed E-state index contributed by atoms with van der Waals surface area (Å²) in [6.45, 7) is 6.23. The van der Waals surface area contributed by atoms with E-state index in [4.69, 9.17) is 4.74 Å². The highest BCUT2D eigenvalue weighted by Crippen LogP contribution is 2.22. The van der Waals surface area contributed by atoms with Gasteiger partial charge in [0.1, 0.15) is 0 Å². The number of carbonyl (C=O) groups is 2. The fourth-order valence-corrected chi connectivity index (χ4v) is 3.24. The maximum atomic E-state index is 12.7. The van der Waals surface area contributed by atoms with Crippen LogP contribution < -0.4 is 5.32 Å². The van der Waals surface area contributed by atoms with E-state index in [0.29, 0.717) is 23.4 Å². The first-order chi connectivity index (χ1) is 13.9. The molecule has 3 aromatic rings. The Hall–Kier alpha value is -3.41. The molecule has 0 aliphatic heterocycles. The minimum Gasteiger partial charge on any atom is -0.465 e. The second-order valence-corrected chi connectivity index (χ2v) is 6.86. The van der Waals surface area contributed by atoms with Gasteiger partial charge in [0, 0.05) is 5.56 Å². The lowest BCUT2D eigenvalue weighted by Gasteiger charge is -2.10. The first-order valence-corrected chi connectivity index (χ1v) is 9.55. The van der Waals surface area contributed by atoms with Crippen molar-refractivity contribution < 1.29 is 14.3 Å². The van der Waals surface area contributed by atoms with Crippen molar-refractivity contribution in [3.05, 3.63) is 82.2 Å². The Labute approximate surface area is 170 Å². The molecule has 0 aliphatic carbocycles. The van der Waals surface area contributed by atoms with Gasteiger partial charge >= 0.3 is 5.97 Å². The molecule has 0 saturated carbocycles. The molecule has 0 atom stereocenters. The van der Waals surface area contributed by atoms with E-state index >= 15 is 0 Å². The molecule has 29 heavy (non-hydrogen) atoms. The van der Waals surface area contributed by atoms with Crippen molar-refractivity contribution in [2.45, 2.75) is 33.7 Å². The molecule has 6 heteroatoms. The molecular weight excluding hydrogens is 366 g/mol. The zero-order chi connectivity index (χ0) is 21.0. The summed E-state index contributed by atoms with van der Waals surface area (Å²) in [6.07, 6.45) is 0.930. The van der Waals surface area contributed by atoms with E-state index in [0.717, 1.165) is 23.4 Å². The monoisotopic (exact) mass is 391 g/mol. The predicted octanol–water partition coefficient (Wildman–Crippen LogP) is 4.15. The van der Waals surface area contributed by atoms with Crippen molar-refractivity contribution in [2.75, 3.05) is 12.4 Å². The smallest absolute Gasteiger partial charge is 0.338 e. The lowest BCUT2D eigenvalue weighted by atomic mass is 10.1. The van der Waals surface area contributed by atoms with E-state index in [-0.39, 0.29) is 11.9 Å². The summed E-state index contributed by atoms with van der Waals surface area (Å²) in [7, 11) is 1.36. The fourth-order valence-electron chi connectivity index (χ4n) is 3.24. The third-order valence-corrected chi connectivity index (χ3v) is 4.99. The van der Waals surface area contributed by atoms with Crippen molar-refractivity contribution in [1.82, 2.24) is 9.78 Å². The Morgan fingerprint density at radius 1 is 1.07 bits per heavy atom. The van der Waals surface area contributed by atoms with E-state index in [1.165, 1.54) is 12.7 Å². The van der Waals surface area contributed by atoms with Crippen LogP contribution in [0.5, 0.6) is 0 Å². The first-order valence-electron chi connectivity index (χ1n) is 9.55. The standard InChI is InChI=1S/C23H25N3O3/c1-5-17-10-12-18(13-11-17)22(27)24-21-15(2)25-26(16(21)3)14-19-8-6-7-9-20(19)23(28)29-4/h6-13H,5,14H2,1-4H3,(H,24,27). The van der Waals surface area contributed by atoms with E-state index in [1.807, 2.05) is 50.2 Å². The van der Waals surface area contributed by atoms with Crippen LogP contribution >= 0.6 is 0 Å². The van der Waals surface area contributed by atoms with Gasteiger partial charge in [0.2, 0.25) is 0 Å². The van der Waals surface area contributed by atoms with Crippen molar-refractivity contribution in [1.29, 1.82) is 0 Å². The fraction of sp³-hybridized carbons (Fsp3) is 0.261. The van der Waals surface area contributed by atoms with Gasteiger partial charge in [0.15, 0.2) is 0 Å². The molecule has 2 aromatic carbocycles. The number of carbonyl (C=O) groups excluding carboxylic acids is 2. The molecule has 1 amide bonds. The molecule has 1 heterocycles. The van der Waals surface area contributed by atoms with Gasteiger partial charge in [0.25, 0.3) is 5.91 Å². The summed E-state index contributed by atoms with van der Waals surface area (Å²) in [5, 5.41) is 7.53. The Balaban J connectivity index is 1.84. The number of esters is 1.